The summed E-state index contributed by atoms with van der Waals surface area (Å²) in [6.45, 7) is 0. The van der Waals surface area contributed by atoms with Crippen LogP contribution in [0, 0.1) is 5.82 Å². The Morgan fingerprint density at radius 3 is 2.60 bits per heavy atom. The van der Waals surface area contributed by atoms with Gasteiger partial charge in [0.25, 0.3) is 0 Å². The Morgan fingerprint density at radius 1 is 1.10 bits per heavy atom. The van der Waals surface area contributed by atoms with Crippen molar-refractivity contribution in [3.05, 3.63) is 65.6 Å². The molecule has 0 spiro atoms. The molecule has 0 amide bonds. The lowest BCUT2D eigenvalue weighted by Crippen LogP contribution is -2.01. The van der Waals surface area contributed by atoms with E-state index >= 15 is 0 Å². The van der Waals surface area contributed by atoms with Crippen molar-refractivity contribution in [2.45, 2.75) is 6.10 Å². The molecule has 3 aromatic rings. The lowest BCUT2D eigenvalue weighted by atomic mass is 10.00. The number of aromatic nitrogens is 1. The molecular weight excluding hydrogens is 257 g/mol. The second kappa shape index (κ2) is 4.98. The van der Waals surface area contributed by atoms with Gasteiger partial charge in [-0.05, 0) is 46.8 Å². The van der Waals surface area contributed by atoms with Crippen LogP contribution in [0.1, 0.15) is 17.2 Å². The second-order valence-electron chi connectivity index (χ2n) is 4.62. The van der Waals surface area contributed by atoms with Gasteiger partial charge in [0.05, 0.1) is 7.11 Å². The molecule has 1 unspecified atom stereocenters. The van der Waals surface area contributed by atoms with E-state index in [1.807, 2.05) is 30.5 Å². The zero-order valence-electron chi connectivity index (χ0n) is 10.9. The minimum Gasteiger partial charge on any atom is -0.494 e. The highest BCUT2D eigenvalue weighted by Gasteiger charge is 2.13. The van der Waals surface area contributed by atoms with Crippen molar-refractivity contribution in [1.82, 2.24) is 4.98 Å². The molecule has 0 bridgehead atoms. The van der Waals surface area contributed by atoms with Gasteiger partial charge in [0.2, 0.25) is 0 Å². The highest BCUT2D eigenvalue weighted by atomic mass is 19.1. The number of nitrogens with one attached hydrogen (secondary N) is 1. The van der Waals surface area contributed by atoms with Crippen molar-refractivity contribution in [3.8, 4) is 5.75 Å². The predicted octanol–water partition coefficient (Wildman–Crippen LogP) is 3.40. The van der Waals surface area contributed by atoms with Crippen molar-refractivity contribution in [2.75, 3.05) is 7.11 Å². The first-order valence-electron chi connectivity index (χ1n) is 6.27. The van der Waals surface area contributed by atoms with E-state index in [1.165, 1.54) is 19.2 Å². The van der Waals surface area contributed by atoms with Crippen molar-refractivity contribution in [3.63, 3.8) is 0 Å². The molecule has 0 aliphatic rings. The zero-order chi connectivity index (χ0) is 14.1. The summed E-state index contributed by atoms with van der Waals surface area (Å²) in [5, 5.41) is 11.4. The third kappa shape index (κ3) is 2.14. The highest BCUT2D eigenvalue weighted by Crippen LogP contribution is 2.28. The van der Waals surface area contributed by atoms with Gasteiger partial charge in [0, 0.05) is 11.7 Å². The van der Waals surface area contributed by atoms with E-state index in [-0.39, 0.29) is 5.75 Å². The van der Waals surface area contributed by atoms with Crippen LogP contribution >= 0.6 is 0 Å². The quantitative estimate of drug-likeness (QED) is 0.767. The molecular formula is C16H14FNO2. The SMILES string of the molecule is COc1ccc(C(O)c2ccc3[nH]ccc3c2)cc1F. The van der Waals surface area contributed by atoms with E-state index in [2.05, 4.69) is 4.98 Å². The van der Waals surface area contributed by atoms with Gasteiger partial charge in [-0.2, -0.15) is 0 Å². The maximum atomic E-state index is 13.7. The number of methoxy groups -OCH3 is 1. The standard InChI is InChI=1S/C16H14FNO2/c1-20-15-5-3-12(9-13(15)17)16(19)11-2-4-14-10(8-11)6-7-18-14/h2-9,16,18-19H,1H3. The molecule has 1 aromatic heterocycles. The van der Waals surface area contributed by atoms with Gasteiger partial charge in [-0.1, -0.05) is 12.1 Å². The average molecular weight is 271 g/mol. The van der Waals surface area contributed by atoms with Crippen molar-refractivity contribution >= 4 is 10.9 Å². The molecule has 102 valence electrons. The summed E-state index contributed by atoms with van der Waals surface area (Å²) in [5.74, 6) is -0.311. The van der Waals surface area contributed by atoms with E-state index in [0.29, 0.717) is 5.56 Å². The number of aliphatic hydroxyl groups excluding tert-OH is 1. The Kier molecular flexibility index (Phi) is 3.16. The van der Waals surface area contributed by atoms with Crippen LogP contribution < -0.4 is 4.74 Å². The summed E-state index contributed by atoms with van der Waals surface area (Å²) in [7, 11) is 1.41. The number of aromatic amines is 1. The van der Waals surface area contributed by atoms with Gasteiger partial charge < -0.3 is 14.8 Å². The fraction of sp³-hybridized carbons (Fsp3) is 0.125. The van der Waals surface area contributed by atoms with Crippen LogP contribution in [0.2, 0.25) is 0 Å². The summed E-state index contributed by atoms with van der Waals surface area (Å²) in [6.07, 6.45) is 0.975. The molecule has 2 N–H and O–H groups in total. The number of aliphatic hydroxyl groups is 1. The van der Waals surface area contributed by atoms with Crippen molar-refractivity contribution in [2.24, 2.45) is 0 Å². The normalized spacial score (nSPS) is 12.6. The molecule has 0 saturated heterocycles. The minimum absolute atomic E-state index is 0.169. The maximum absolute atomic E-state index is 13.7. The van der Waals surface area contributed by atoms with Crippen LogP contribution in [-0.2, 0) is 0 Å². The summed E-state index contributed by atoms with van der Waals surface area (Å²) in [4.78, 5) is 3.09. The molecule has 0 aliphatic carbocycles. The molecule has 1 atom stereocenters. The Morgan fingerprint density at radius 2 is 1.85 bits per heavy atom. The minimum atomic E-state index is -0.866. The van der Waals surface area contributed by atoms with Gasteiger partial charge in [-0.3, -0.25) is 0 Å². The van der Waals surface area contributed by atoms with Crippen molar-refractivity contribution < 1.29 is 14.2 Å². The zero-order valence-corrected chi connectivity index (χ0v) is 10.9. The molecule has 3 nitrogen and oxygen atoms in total. The number of H-pyrrole nitrogens is 1. The van der Waals surface area contributed by atoms with E-state index in [1.54, 1.807) is 6.07 Å². The molecule has 0 fully saturated rings. The number of halogens is 1. The molecule has 0 radical (unpaired) electrons. The Balaban J connectivity index is 1.98. The van der Waals surface area contributed by atoms with Crippen LogP contribution in [0.15, 0.2) is 48.7 Å². The molecule has 0 saturated carbocycles. The van der Waals surface area contributed by atoms with Crippen LogP contribution in [0.5, 0.6) is 5.75 Å². The lowest BCUT2D eigenvalue weighted by Gasteiger charge is -2.13. The topological polar surface area (TPSA) is 45.2 Å². The van der Waals surface area contributed by atoms with Crippen LogP contribution in [0.25, 0.3) is 10.9 Å². The van der Waals surface area contributed by atoms with Gasteiger partial charge in [-0.15, -0.1) is 0 Å². The third-order valence-electron chi connectivity index (χ3n) is 3.38. The number of benzene rings is 2. The number of hydrogen-bond donors (Lipinski definition) is 2. The lowest BCUT2D eigenvalue weighted by molar-refractivity contribution is 0.219. The number of ether oxygens (including phenoxy) is 1. The number of fused-ring (bicyclic) bond motifs is 1. The molecule has 2 aromatic carbocycles. The van der Waals surface area contributed by atoms with Crippen LogP contribution in [0.4, 0.5) is 4.39 Å². The summed E-state index contributed by atoms with van der Waals surface area (Å²) in [6, 6.07) is 12.0. The fourth-order valence-corrected chi connectivity index (χ4v) is 2.29. The molecule has 20 heavy (non-hydrogen) atoms. The number of hydrogen-bond acceptors (Lipinski definition) is 2. The summed E-state index contributed by atoms with van der Waals surface area (Å²) < 4.78 is 18.6. The first-order chi connectivity index (χ1) is 9.69. The number of rotatable bonds is 3. The summed E-state index contributed by atoms with van der Waals surface area (Å²) >= 11 is 0. The average Bonchev–Trinajstić information content (AvgIpc) is 2.93. The molecule has 0 aliphatic heterocycles. The summed E-state index contributed by atoms with van der Waals surface area (Å²) in [5.41, 5.74) is 2.22. The monoisotopic (exact) mass is 271 g/mol. The first kappa shape index (κ1) is 12.7. The van der Waals surface area contributed by atoms with E-state index < -0.39 is 11.9 Å². The maximum Gasteiger partial charge on any atom is 0.165 e. The Hall–Kier alpha value is -2.33. The van der Waals surface area contributed by atoms with Crippen molar-refractivity contribution in [1.29, 1.82) is 0 Å². The van der Waals surface area contributed by atoms with Gasteiger partial charge in [0.15, 0.2) is 11.6 Å². The van der Waals surface area contributed by atoms with Crippen LogP contribution in [0.3, 0.4) is 0 Å². The largest absolute Gasteiger partial charge is 0.494 e. The van der Waals surface area contributed by atoms with Gasteiger partial charge in [-0.25, -0.2) is 4.39 Å². The van der Waals surface area contributed by atoms with E-state index in [4.69, 9.17) is 4.74 Å². The smallest absolute Gasteiger partial charge is 0.165 e. The second-order valence-corrected chi connectivity index (χ2v) is 4.62. The fourth-order valence-electron chi connectivity index (χ4n) is 2.29. The molecule has 3 rings (SSSR count). The van der Waals surface area contributed by atoms with Crippen LogP contribution in [-0.4, -0.2) is 17.2 Å². The Bertz CT molecular complexity index is 751. The first-order valence-corrected chi connectivity index (χ1v) is 6.27. The van der Waals surface area contributed by atoms with Gasteiger partial charge in [0.1, 0.15) is 6.10 Å². The van der Waals surface area contributed by atoms with E-state index in [0.717, 1.165) is 16.5 Å². The highest BCUT2D eigenvalue weighted by molar-refractivity contribution is 5.80. The molecule has 4 heteroatoms. The van der Waals surface area contributed by atoms with Gasteiger partial charge >= 0.3 is 0 Å². The van der Waals surface area contributed by atoms with E-state index in [9.17, 15) is 9.50 Å². The Labute approximate surface area is 115 Å². The molecule has 1 heterocycles. The third-order valence-corrected chi connectivity index (χ3v) is 3.38. The predicted molar refractivity (Wildman–Crippen MR) is 75.3 cm³/mol.